The van der Waals surface area contributed by atoms with E-state index in [-0.39, 0.29) is 30.7 Å². The highest BCUT2D eigenvalue weighted by atomic mass is 32.2. The van der Waals surface area contributed by atoms with Gasteiger partial charge in [0.15, 0.2) is 0 Å². The van der Waals surface area contributed by atoms with Gasteiger partial charge >= 0.3 is 6.09 Å². The molecule has 0 aromatic heterocycles. The fraction of sp³-hybridized carbons (Fsp3) is 0.871. The van der Waals surface area contributed by atoms with Crippen LogP contribution in [0.25, 0.3) is 0 Å². The molecule has 0 aromatic carbocycles. The third kappa shape index (κ3) is 16.1. The predicted octanol–water partition coefficient (Wildman–Crippen LogP) is 1.79. The number of carbonyl (C=O) groups is 4. The molecule has 1 aliphatic carbocycles. The minimum atomic E-state index is -3.50. The molecule has 0 saturated heterocycles. The van der Waals surface area contributed by atoms with Gasteiger partial charge in [-0.1, -0.05) is 47.5 Å². The molecule has 4 amide bonds. The Morgan fingerprint density at radius 2 is 1.49 bits per heavy atom. The fourth-order valence-electron chi connectivity index (χ4n) is 5.17. The molecule has 0 heterocycles. The molecule has 0 aliphatic heterocycles. The zero-order valence-corrected chi connectivity index (χ0v) is 29.3. The molecular weight excluding hydrogens is 604 g/mol. The Hall–Kier alpha value is -2.45. The van der Waals surface area contributed by atoms with Crippen molar-refractivity contribution in [2.75, 3.05) is 12.0 Å². The number of hydrogen-bond donors (Lipinski definition) is 6. The van der Waals surface area contributed by atoms with Crippen LogP contribution in [0.15, 0.2) is 0 Å². The summed E-state index contributed by atoms with van der Waals surface area (Å²) in [6.45, 7) is 13.9. The number of aliphatic hydroxyl groups excluding tert-OH is 2. The van der Waals surface area contributed by atoms with Crippen molar-refractivity contribution in [3.05, 3.63) is 0 Å². The van der Waals surface area contributed by atoms with Crippen LogP contribution in [0.2, 0.25) is 0 Å². The Morgan fingerprint density at radius 3 is 2.00 bits per heavy atom. The van der Waals surface area contributed by atoms with Crippen molar-refractivity contribution >= 4 is 33.7 Å². The number of ether oxygens (including phenoxy) is 1. The highest BCUT2D eigenvalue weighted by molar-refractivity contribution is 7.90. The van der Waals surface area contributed by atoms with Crippen LogP contribution in [-0.4, -0.2) is 96.4 Å². The molecule has 0 aromatic rings. The first kappa shape index (κ1) is 40.6. The summed E-state index contributed by atoms with van der Waals surface area (Å²) in [5, 5.41) is 32.2. The molecule has 262 valence electrons. The van der Waals surface area contributed by atoms with Crippen molar-refractivity contribution in [2.45, 2.75) is 142 Å². The monoisotopic (exact) mass is 662 g/mol. The fourth-order valence-corrected chi connectivity index (χ4v) is 5.84. The Kier molecular flexibility index (Phi) is 16.3. The number of alkyl carbamates (subject to hydrolysis) is 1. The average molecular weight is 663 g/mol. The normalized spacial score (nSPS) is 20.8. The summed E-state index contributed by atoms with van der Waals surface area (Å²) in [6, 6.07) is -3.50. The van der Waals surface area contributed by atoms with E-state index in [1.165, 1.54) is 0 Å². The van der Waals surface area contributed by atoms with Gasteiger partial charge in [-0.15, -0.1) is 0 Å². The van der Waals surface area contributed by atoms with E-state index in [9.17, 15) is 37.8 Å². The molecule has 0 radical (unpaired) electrons. The minimum absolute atomic E-state index is 0.0297. The van der Waals surface area contributed by atoms with Crippen molar-refractivity contribution in [3.8, 4) is 0 Å². The smallest absolute Gasteiger partial charge is 0.408 e. The van der Waals surface area contributed by atoms with Gasteiger partial charge in [0.1, 0.15) is 27.5 Å². The molecule has 0 bridgehead atoms. The molecule has 6 N–H and O–H groups in total. The zero-order chi connectivity index (χ0) is 34.7. The number of carbonyl (C=O) groups excluding carboxylic acids is 4. The summed E-state index contributed by atoms with van der Waals surface area (Å²) in [5.41, 5.74) is -0.804. The lowest BCUT2D eigenvalue weighted by Gasteiger charge is -2.32. The molecular formula is C31H58N4O9S. The van der Waals surface area contributed by atoms with Gasteiger partial charge in [0.2, 0.25) is 17.7 Å². The van der Waals surface area contributed by atoms with E-state index < -0.39 is 81.3 Å². The zero-order valence-electron chi connectivity index (χ0n) is 28.5. The van der Waals surface area contributed by atoms with Gasteiger partial charge in [-0.3, -0.25) is 14.4 Å². The summed E-state index contributed by atoms with van der Waals surface area (Å²) in [5.74, 6) is -3.05. The largest absolute Gasteiger partial charge is 0.444 e. The third-order valence-electron chi connectivity index (χ3n) is 7.65. The minimum Gasteiger partial charge on any atom is -0.444 e. The topological polar surface area (TPSA) is 200 Å². The maximum Gasteiger partial charge on any atom is 0.408 e. The summed E-state index contributed by atoms with van der Waals surface area (Å²) >= 11 is 0. The van der Waals surface area contributed by atoms with Crippen LogP contribution in [0.3, 0.4) is 0 Å². The van der Waals surface area contributed by atoms with E-state index in [2.05, 4.69) is 21.3 Å². The summed E-state index contributed by atoms with van der Waals surface area (Å²) in [6.07, 6.45) is 1.73. The molecule has 7 atom stereocenters. The number of rotatable bonds is 16. The molecule has 13 nitrogen and oxygen atoms in total. The van der Waals surface area contributed by atoms with Crippen LogP contribution < -0.4 is 21.3 Å². The first-order chi connectivity index (χ1) is 20.6. The van der Waals surface area contributed by atoms with Gasteiger partial charge in [0, 0.05) is 12.2 Å². The molecule has 0 spiro atoms. The molecule has 1 fully saturated rings. The lowest BCUT2D eigenvalue weighted by molar-refractivity contribution is -0.131. The Balaban J connectivity index is 3.08. The van der Waals surface area contributed by atoms with Gasteiger partial charge < -0.3 is 36.2 Å². The predicted molar refractivity (Wildman–Crippen MR) is 172 cm³/mol. The lowest BCUT2D eigenvalue weighted by Crippen LogP contribution is -2.58. The maximum atomic E-state index is 13.6. The van der Waals surface area contributed by atoms with Gasteiger partial charge in [-0.05, 0) is 64.7 Å². The number of hydrogen-bond acceptors (Lipinski definition) is 9. The Labute approximate surface area is 269 Å². The van der Waals surface area contributed by atoms with Crippen molar-refractivity contribution in [1.82, 2.24) is 21.3 Å². The number of sulfone groups is 1. The van der Waals surface area contributed by atoms with Crippen LogP contribution in [0, 0.1) is 17.8 Å². The molecule has 1 saturated carbocycles. The van der Waals surface area contributed by atoms with Crippen molar-refractivity contribution in [3.63, 3.8) is 0 Å². The SMILES string of the molecule is CC(C)C[C@H](NC(=O)[C@H](CCS(C)(=O)=O)NC(=O)[C@@H](NC(=O)OC(C)(C)C)C(C)C)[C@@H](O)C[C@@H](C)C(=O)N[C@H]1CCCC[C@H]1O. The van der Waals surface area contributed by atoms with Crippen molar-refractivity contribution in [2.24, 2.45) is 17.8 Å². The van der Waals surface area contributed by atoms with Gasteiger partial charge in [0.25, 0.3) is 0 Å². The second kappa shape index (κ2) is 18.0. The third-order valence-corrected chi connectivity index (χ3v) is 8.63. The van der Waals surface area contributed by atoms with E-state index in [4.69, 9.17) is 4.74 Å². The first-order valence-electron chi connectivity index (χ1n) is 16.0. The van der Waals surface area contributed by atoms with Gasteiger partial charge in [-0.2, -0.15) is 0 Å². The van der Waals surface area contributed by atoms with Crippen LogP contribution in [0.5, 0.6) is 0 Å². The Bertz CT molecular complexity index is 1090. The molecule has 14 heteroatoms. The van der Waals surface area contributed by atoms with Crippen LogP contribution >= 0.6 is 0 Å². The molecule has 0 unspecified atom stereocenters. The number of nitrogens with one attached hydrogen (secondary N) is 4. The average Bonchev–Trinajstić information content (AvgIpc) is 2.88. The first-order valence-corrected chi connectivity index (χ1v) is 18.1. The quantitative estimate of drug-likeness (QED) is 0.143. The highest BCUT2D eigenvalue weighted by Crippen LogP contribution is 2.21. The molecule has 1 rings (SSSR count). The maximum absolute atomic E-state index is 13.6. The van der Waals surface area contributed by atoms with Crippen LogP contribution in [0.1, 0.15) is 100 Å². The summed E-state index contributed by atoms with van der Waals surface area (Å²) < 4.78 is 29.2. The van der Waals surface area contributed by atoms with E-state index in [1.807, 2.05) is 13.8 Å². The summed E-state index contributed by atoms with van der Waals surface area (Å²) in [4.78, 5) is 52.1. The lowest BCUT2D eigenvalue weighted by atomic mass is 9.90. The number of amides is 4. The molecule has 45 heavy (non-hydrogen) atoms. The van der Waals surface area contributed by atoms with E-state index in [0.29, 0.717) is 19.3 Å². The standard InChI is InChI=1S/C31H58N4O9S/c1-18(2)16-23(25(37)17-20(5)27(38)32-21-12-10-11-13-24(21)36)34-28(39)22(14-15-45(9,42)43)33-29(40)26(19(3)4)35-30(41)44-31(6,7)8/h18-26,36-37H,10-17H2,1-9H3,(H,32,38)(H,33,40)(H,34,39)(H,35,41)/t20-,21+,22+,23+,24-,25+,26+/m1/s1. The number of aliphatic hydroxyl groups is 2. The van der Waals surface area contributed by atoms with Crippen molar-refractivity contribution in [1.29, 1.82) is 0 Å². The highest BCUT2D eigenvalue weighted by Gasteiger charge is 2.34. The van der Waals surface area contributed by atoms with Crippen LogP contribution in [-0.2, 0) is 29.0 Å². The van der Waals surface area contributed by atoms with E-state index in [0.717, 1.165) is 19.1 Å². The van der Waals surface area contributed by atoms with Gasteiger partial charge in [-0.25, -0.2) is 13.2 Å². The van der Waals surface area contributed by atoms with Gasteiger partial charge in [0.05, 0.1) is 30.0 Å². The van der Waals surface area contributed by atoms with Crippen LogP contribution in [0.4, 0.5) is 4.79 Å². The summed E-state index contributed by atoms with van der Waals surface area (Å²) in [7, 11) is -3.50. The second-order valence-corrected chi connectivity index (χ2v) is 16.5. The molecule has 1 aliphatic rings. The Morgan fingerprint density at radius 1 is 0.889 bits per heavy atom. The second-order valence-electron chi connectivity index (χ2n) is 14.3. The van der Waals surface area contributed by atoms with E-state index in [1.54, 1.807) is 41.5 Å². The van der Waals surface area contributed by atoms with E-state index >= 15 is 0 Å². The van der Waals surface area contributed by atoms with Crippen molar-refractivity contribution < 1.29 is 42.5 Å².